The van der Waals surface area contributed by atoms with Gasteiger partial charge in [-0.2, -0.15) is 0 Å². The van der Waals surface area contributed by atoms with Crippen LogP contribution in [0.1, 0.15) is 18.1 Å². The van der Waals surface area contributed by atoms with Gasteiger partial charge >= 0.3 is 0 Å². The average molecular weight is 306 g/mol. The first kappa shape index (κ1) is 13.8. The van der Waals surface area contributed by atoms with E-state index in [4.69, 9.17) is 18.9 Å². The number of fused-ring (bicyclic) bond motifs is 1. The fourth-order valence-corrected chi connectivity index (χ4v) is 2.69. The summed E-state index contributed by atoms with van der Waals surface area (Å²) in [5.74, 6) is -0.0416. The van der Waals surface area contributed by atoms with Gasteiger partial charge in [-0.25, -0.2) is 9.37 Å². The molecule has 2 saturated heterocycles. The Morgan fingerprint density at radius 1 is 1.27 bits per heavy atom. The number of methoxy groups -OCH3 is 1. The minimum Gasteiger partial charge on any atom is -0.481 e. The van der Waals surface area contributed by atoms with E-state index in [0.29, 0.717) is 35.7 Å². The number of epoxide rings is 1. The molecule has 22 heavy (non-hydrogen) atoms. The second-order valence-electron chi connectivity index (χ2n) is 5.23. The minimum absolute atomic E-state index is 0.312. The van der Waals surface area contributed by atoms with E-state index < -0.39 is 18.2 Å². The van der Waals surface area contributed by atoms with Gasteiger partial charge in [0.25, 0.3) is 0 Å². The van der Waals surface area contributed by atoms with Crippen LogP contribution in [0.4, 0.5) is 4.39 Å². The maximum atomic E-state index is 14.3. The highest BCUT2D eigenvalue weighted by atomic mass is 19.1. The van der Waals surface area contributed by atoms with Gasteiger partial charge in [0.15, 0.2) is 6.29 Å². The molecule has 0 aromatic carbocycles. The first-order valence-electron chi connectivity index (χ1n) is 7.16. The molecule has 4 rings (SSSR count). The van der Waals surface area contributed by atoms with Gasteiger partial charge in [0, 0.05) is 11.6 Å². The Morgan fingerprint density at radius 2 is 2.09 bits per heavy atom. The van der Waals surface area contributed by atoms with Crippen LogP contribution in [0.5, 0.6) is 5.88 Å². The van der Waals surface area contributed by atoms with Crippen LogP contribution in [0.3, 0.4) is 0 Å². The number of nitrogens with zero attached hydrogens (tertiary/aromatic N) is 2. The zero-order valence-electron chi connectivity index (χ0n) is 12.0. The van der Waals surface area contributed by atoms with Crippen LogP contribution in [-0.4, -0.2) is 42.7 Å². The van der Waals surface area contributed by atoms with Crippen molar-refractivity contribution in [1.82, 2.24) is 9.97 Å². The predicted octanol–water partition coefficient (Wildman–Crippen LogP) is 1.98. The van der Waals surface area contributed by atoms with Crippen LogP contribution in [0.25, 0.3) is 11.0 Å². The van der Waals surface area contributed by atoms with Gasteiger partial charge in [-0.3, -0.25) is 4.98 Å². The molecule has 2 fully saturated rings. The van der Waals surface area contributed by atoms with Crippen molar-refractivity contribution in [2.75, 3.05) is 20.3 Å². The number of aromatic nitrogens is 2. The molecule has 0 amide bonds. The van der Waals surface area contributed by atoms with Crippen LogP contribution < -0.4 is 4.74 Å². The lowest BCUT2D eigenvalue weighted by atomic mass is 10.1. The van der Waals surface area contributed by atoms with Crippen molar-refractivity contribution in [1.29, 1.82) is 0 Å². The molecule has 2 aliphatic heterocycles. The monoisotopic (exact) mass is 306 g/mol. The maximum Gasteiger partial charge on any atom is 0.213 e. The number of hydrogen-bond acceptors (Lipinski definition) is 6. The second kappa shape index (κ2) is 5.42. The van der Waals surface area contributed by atoms with Gasteiger partial charge in [-0.15, -0.1) is 0 Å². The fourth-order valence-electron chi connectivity index (χ4n) is 2.69. The van der Waals surface area contributed by atoms with Crippen LogP contribution in [-0.2, 0) is 14.2 Å². The van der Waals surface area contributed by atoms with E-state index in [9.17, 15) is 4.39 Å². The minimum atomic E-state index is -0.452. The molecule has 116 valence electrons. The highest BCUT2D eigenvalue weighted by Gasteiger charge is 2.50. The summed E-state index contributed by atoms with van der Waals surface area (Å²) in [7, 11) is 1.51. The van der Waals surface area contributed by atoms with Gasteiger partial charge in [-0.1, -0.05) is 0 Å². The Bertz CT molecular complexity index is 705. The van der Waals surface area contributed by atoms with Crippen molar-refractivity contribution in [3.63, 3.8) is 0 Å². The maximum absolute atomic E-state index is 14.3. The molecule has 4 heterocycles. The van der Waals surface area contributed by atoms with E-state index >= 15 is 0 Å². The Hall–Kier alpha value is -1.83. The molecule has 2 atom stereocenters. The second-order valence-corrected chi connectivity index (χ2v) is 5.23. The molecule has 2 aromatic rings. The lowest BCUT2D eigenvalue weighted by Gasteiger charge is -2.21. The molecular weight excluding hydrogens is 291 g/mol. The molecule has 2 aromatic heterocycles. The topological polar surface area (TPSA) is 66.0 Å². The number of hydrogen-bond donors (Lipinski definition) is 0. The molecule has 2 unspecified atom stereocenters. The highest BCUT2D eigenvalue weighted by Crippen LogP contribution is 2.45. The van der Waals surface area contributed by atoms with Gasteiger partial charge < -0.3 is 18.9 Å². The van der Waals surface area contributed by atoms with Gasteiger partial charge in [0.05, 0.1) is 32.0 Å². The number of pyridine rings is 2. The van der Waals surface area contributed by atoms with E-state index in [0.717, 1.165) is 6.42 Å². The summed E-state index contributed by atoms with van der Waals surface area (Å²) in [5.41, 5.74) is 1.42. The summed E-state index contributed by atoms with van der Waals surface area (Å²) in [5, 5.41) is 0. The Kier molecular flexibility index (Phi) is 3.40. The fraction of sp³-hybridized carbons (Fsp3) is 0.467. The molecule has 7 heteroatoms. The van der Waals surface area contributed by atoms with Crippen molar-refractivity contribution in [3.8, 4) is 5.88 Å². The average Bonchev–Trinajstić information content (AvgIpc) is 3.35. The van der Waals surface area contributed by atoms with Crippen LogP contribution in [0.15, 0.2) is 18.3 Å². The molecule has 0 bridgehead atoms. The van der Waals surface area contributed by atoms with Crippen molar-refractivity contribution >= 4 is 11.0 Å². The quantitative estimate of drug-likeness (QED) is 0.808. The normalized spacial score (nSPS) is 25.4. The standard InChI is InChI=1S/C15H15FN2O4/c1-19-10-4-3-9-12(18-10)11(8(16)7-17-9)13-14(22-13)15-20-5-2-6-21-15/h3-4,7,13-15H,2,5-6H2,1H3. The first-order valence-corrected chi connectivity index (χ1v) is 7.16. The Labute approximate surface area is 126 Å². The van der Waals surface area contributed by atoms with E-state index in [1.54, 1.807) is 12.1 Å². The van der Waals surface area contributed by atoms with Crippen molar-refractivity contribution in [2.24, 2.45) is 0 Å². The molecule has 0 aliphatic carbocycles. The lowest BCUT2D eigenvalue weighted by molar-refractivity contribution is -0.187. The summed E-state index contributed by atoms with van der Waals surface area (Å²) in [6.07, 6.45) is 0.848. The summed E-state index contributed by atoms with van der Waals surface area (Å²) in [4.78, 5) is 8.36. The van der Waals surface area contributed by atoms with Crippen molar-refractivity contribution in [2.45, 2.75) is 24.9 Å². The van der Waals surface area contributed by atoms with Gasteiger partial charge in [0.2, 0.25) is 5.88 Å². The van der Waals surface area contributed by atoms with Crippen LogP contribution in [0.2, 0.25) is 0 Å². The predicted molar refractivity (Wildman–Crippen MR) is 74.0 cm³/mol. The van der Waals surface area contributed by atoms with E-state index in [2.05, 4.69) is 9.97 Å². The largest absolute Gasteiger partial charge is 0.481 e. The molecular formula is C15H15FN2O4. The summed E-state index contributed by atoms with van der Waals surface area (Å²) in [6.45, 7) is 1.26. The Balaban J connectivity index is 1.70. The number of rotatable bonds is 3. The van der Waals surface area contributed by atoms with E-state index in [1.807, 2.05) is 0 Å². The van der Waals surface area contributed by atoms with E-state index in [-0.39, 0.29) is 6.10 Å². The van der Waals surface area contributed by atoms with Crippen molar-refractivity contribution < 1.29 is 23.3 Å². The smallest absolute Gasteiger partial charge is 0.213 e. The van der Waals surface area contributed by atoms with E-state index in [1.165, 1.54) is 13.3 Å². The zero-order valence-corrected chi connectivity index (χ0v) is 12.0. The van der Waals surface area contributed by atoms with Crippen molar-refractivity contribution in [3.05, 3.63) is 29.7 Å². The number of ether oxygens (including phenoxy) is 4. The molecule has 6 nitrogen and oxygen atoms in total. The zero-order chi connectivity index (χ0) is 15.1. The molecule has 2 aliphatic rings. The third-order valence-electron chi connectivity index (χ3n) is 3.82. The summed E-state index contributed by atoms with van der Waals surface area (Å²) in [6, 6.07) is 3.44. The molecule has 0 N–H and O–H groups in total. The molecule has 0 radical (unpaired) electrons. The number of halogens is 1. The molecule has 0 saturated carbocycles. The Morgan fingerprint density at radius 3 is 2.86 bits per heavy atom. The van der Waals surface area contributed by atoms with Gasteiger partial charge in [-0.05, 0) is 12.5 Å². The van der Waals surface area contributed by atoms with Gasteiger partial charge in [0.1, 0.15) is 23.5 Å². The summed E-state index contributed by atoms with van der Waals surface area (Å²) < 4.78 is 36.0. The summed E-state index contributed by atoms with van der Waals surface area (Å²) >= 11 is 0. The SMILES string of the molecule is COc1ccc2ncc(F)c(C3OC3C3OCCCO3)c2n1. The third-order valence-corrected chi connectivity index (χ3v) is 3.82. The van der Waals surface area contributed by atoms with Crippen LogP contribution >= 0.6 is 0 Å². The first-order chi connectivity index (χ1) is 10.8. The lowest BCUT2D eigenvalue weighted by Crippen LogP contribution is -2.30. The molecule has 0 spiro atoms. The van der Waals surface area contributed by atoms with Crippen LogP contribution in [0, 0.1) is 5.82 Å². The highest BCUT2D eigenvalue weighted by molar-refractivity contribution is 5.79. The third kappa shape index (κ3) is 2.31.